The number of benzene rings is 1. The molecule has 0 spiro atoms. The van der Waals surface area contributed by atoms with Gasteiger partial charge in [0.2, 0.25) is 10.0 Å². The lowest BCUT2D eigenvalue weighted by molar-refractivity contribution is 0.526. The summed E-state index contributed by atoms with van der Waals surface area (Å²) in [7, 11) is -2.02. The Kier molecular flexibility index (Phi) is 5.51. The highest BCUT2D eigenvalue weighted by Gasteiger charge is 2.18. The predicted octanol–water partition coefficient (Wildman–Crippen LogP) is 0.974. The van der Waals surface area contributed by atoms with E-state index in [2.05, 4.69) is 10.0 Å². The number of hydrogen-bond donors (Lipinski definition) is 2. The highest BCUT2D eigenvalue weighted by Crippen LogP contribution is 2.18. The van der Waals surface area contributed by atoms with Gasteiger partial charge in [-0.2, -0.15) is 0 Å². The van der Waals surface area contributed by atoms with E-state index >= 15 is 0 Å². The fourth-order valence-electron chi connectivity index (χ4n) is 2.74. The van der Waals surface area contributed by atoms with Crippen molar-refractivity contribution in [2.45, 2.75) is 30.2 Å². The van der Waals surface area contributed by atoms with Crippen LogP contribution in [0.1, 0.15) is 19.3 Å². The molecule has 0 aliphatic carbocycles. The van der Waals surface area contributed by atoms with Gasteiger partial charge >= 0.3 is 5.76 Å². The molecule has 1 saturated heterocycles. The summed E-state index contributed by atoms with van der Waals surface area (Å²) in [5.41, 5.74) is 0.840. The van der Waals surface area contributed by atoms with Crippen LogP contribution < -0.4 is 15.8 Å². The van der Waals surface area contributed by atoms with Gasteiger partial charge in [0.15, 0.2) is 5.58 Å². The molecule has 1 aliphatic heterocycles. The zero-order chi connectivity index (χ0) is 15.7. The van der Waals surface area contributed by atoms with E-state index in [1.165, 1.54) is 16.7 Å². The summed E-state index contributed by atoms with van der Waals surface area (Å²) in [6, 6.07) is 4.82. The normalized spacial score (nSPS) is 18.2. The van der Waals surface area contributed by atoms with Crippen molar-refractivity contribution in [2.75, 3.05) is 13.1 Å². The van der Waals surface area contributed by atoms with Crippen LogP contribution in [0.25, 0.3) is 11.1 Å². The minimum Gasteiger partial charge on any atom is -0.408 e. The molecule has 2 heterocycles. The average molecular weight is 362 g/mol. The lowest BCUT2D eigenvalue weighted by Crippen LogP contribution is -2.30. The van der Waals surface area contributed by atoms with Gasteiger partial charge in [0.05, 0.1) is 10.4 Å². The minimum atomic E-state index is -3.60. The van der Waals surface area contributed by atoms with Gasteiger partial charge in [-0.25, -0.2) is 17.9 Å². The van der Waals surface area contributed by atoms with E-state index < -0.39 is 15.8 Å². The first-order chi connectivity index (χ1) is 10.5. The molecule has 1 fully saturated rings. The minimum absolute atomic E-state index is 0. The van der Waals surface area contributed by atoms with Crippen LogP contribution in [0.5, 0.6) is 0 Å². The van der Waals surface area contributed by atoms with E-state index in [-0.39, 0.29) is 22.9 Å². The first-order valence-electron chi connectivity index (χ1n) is 7.30. The zero-order valence-corrected chi connectivity index (χ0v) is 14.4. The topological polar surface area (TPSA) is 93.3 Å². The standard InChI is InChI=1S/C14H19N3O4S.ClH/c1-17-12-5-4-11(9-13(12)21-14(17)18)22(19,20)16-8-6-10-3-2-7-15-10;/h4-5,9-10,15-16H,2-3,6-8H2,1H3;1H/t10-;/m1./s1. The molecule has 1 atom stereocenters. The Bertz CT molecular complexity index is 837. The molecule has 0 radical (unpaired) electrons. The molecule has 3 rings (SSSR count). The summed E-state index contributed by atoms with van der Waals surface area (Å²) < 4.78 is 33.5. The Labute approximate surface area is 140 Å². The second-order valence-corrected chi connectivity index (χ2v) is 7.30. The third-order valence-electron chi connectivity index (χ3n) is 4.02. The monoisotopic (exact) mass is 361 g/mol. The van der Waals surface area contributed by atoms with Crippen molar-refractivity contribution in [1.82, 2.24) is 14.6 Å². The number of aryl methyl sites for hydroxylation is 1. The van der Waals surface area contributed by atoms with Crippen LogP contribution in [0, 0.1) is 0 Å². The number of nitrogens with zero attached hydrogens (tertiary/aromatic N) is 1. The lowest BCUT2D eigenvalue weighted by Gasteiger charge is -2.11. The molecule has 7 nitrogen and oxygen atoms in total. The molecule has 23 heavy (non-hydrogen) atoms. The third-order valence-corrected chi connectivity index (χ3v) is 5.48. The van der Waals surface area contributed by atoms with Crippen molar-refractivity contribution >= 4 is 33.5 Å². The molecule has 2 N–H and O–H groups in total. The number of sulfonamides is 1. The van der Waals surface area contributed by atoms with E-state index in [4.69, 9.17) is 4.42 Å². The first-order valence-corrected chi connectivity index (χ1v) is 8.78. The smallest absolute Gasteiger partial charge is 0.408 e. The van der Waals surface area contributed by atoms with Crippen LogP contribution in [-0.2, 0) is 17.1 Å². The van der Waals surface area contributed by atoms with Gasteiger partial charge in [-0.3, -0.25) is 4.57 Å². The Morgan fingerprint density at radius 1 is 1.43 bits per heavy atom. The van der Waals surface area contributed by atoms with Gasteiger partial charge < -0.3 is 9.73 Å². The molecule has 1 aliphatic rings. The summed E-state index contributed by atoms with van der Waals surface area (Å²) >= 11 is 0. The van der Waals surface area contributed by atoms with Crippen LogP contribution in [0.4, 0.5) is 0 Å². The fourth-order valence-corrected chi connectivity index (χ4v) is 3.80. The highest BCUT2D eigenvalue weighted by molar-refractivity contribution is 7.89. The molecule has 9 heteroatoms. The van der Waals surface area contributed by atoms with Crippen LogP contribution in [0.2, 0.25) is 0 Å². The molecular formula is C14H20ClN3O4S. The van der Waals surface area contributed by atoms with Gasteiger partial charge in [0, 0.05) is 25.7 Å². The molecule has 1 aromatic carbocycles. The number of rotatable bonds is 5. The van der Waals surface area contributed by atoms with Crippen LogP contribution >= 0.6 is 12.4 Å². The molecule has 0 unspecified atom stereocenters. The predicted molar refractivity (Wildman–Crippen MR) is 89.5 cm³/mol. The van der Waals surface area contributed by atoms with Crippen LogP contribution in [-0.4, -0.2) is 32.1 Å². The van der Waals surface area contributed by atoms with E-state index in [0.29, 0.717) is 18.1 Å². The number of hydrogen-bond acceptors (Lipinski definition) is 5. The van der Waals surface area contributed by atoms with Crippen molar-refractivity contribution in [3.05, 3.63) is 28.7 Å². The van der Waals surface area contributed by atoms with Gasteiger partial charge in [0.25, 0.3) is 0 Å². The second-order valence-electron chi connectivity index (χ2n) is 5.54. The number of aromatic nitrogens is 1. The zero-order valence-electron chi connectivity index (χ0n) is 12.7. The maximum atomic E-state index is 12.3. The lowest BCUT2D eigenvalue weighted by atomic mass is 10.2. The van der Waals surface area contributed by atoms with E-state index in [1.54, 1.807) is 13.1 Å². The highest BCUT2D eigenvalue weighted by atomic mass is 35.5. The molecular weight excluding hydrogens is 342 g/mol. The number of oxazole rings is 1. The van der Waals surface area contributed by atoms with Crippen LogP contribution in [0.15, 0.2) is 32.3 Å². The number of halogens is 1. The third kappa shape index (κ3) is 3.77. The van der Waals surface area contributed by atoms with E-state index in [0.717, 1.165) is 25.8 Å². The first kappa shape index (κ1) is 18.0. The van der Waals surface area contributed by atoms with E-state index in [1.807, 2.05) is 0 Å². The maximum absolute atomic E-state index is 12.3. The summed E-state index contributed by atoms with van der Waals surface area (Å²) in [6.45, 7) is 1.39. The van der Waals surface area contributed by atoms with Crippen molar-refractivity contribution < 1.29 is 12.8 Å². The summed E-state index contributed by atoms with van der Waals surface area (Å²) in [5, 5.41) is 3.33. The summed E-state index contributed by atoms with van der Waals surface area (Å²) in [4.78, 5) is 11.5. The molecule has 0 amide bonds. The molecule has 0 saturated carbocycles. The van der Waals surface area contributed by atoms with Gasteiger partial charge in [-0.15, -0.1) is 12.4 Å². The molecule has 0 bridgehead atoms. The molecule has 2 aromatic rings. The average Bonchev–Trinajstić information content (AvgIpc) is 3.08. The Balaban J connectivity index is 0.00000192. The number of fused-ring (bicyclic) bond motifs is 1. The Morgan fingerprint density at radius 3 is 2.91 bits per heavy atom. The maximum Gasteiger partial charge on any atom is 0.419 e. The molecule has 128 valence electrons. The van der Waals surface area contributed by atoms with Gasteiger partial charge in [0.1, 0.15) is 0 Å². The van der Waals surface area contributed by atoms with Crippen molar-refractivity contribution in [1.29, 1.82) is 0 Å². The quantitative estimate of drug-likeness (QED) is 0.827. The van der Waals surface area contributed by atoms with Crippen molar-refractivity contribution in [3.8, 4) is 0 Å². The number of nitrogens with one attached hydrogen (secondary N) is 2. The summed E-state index contributed by atoms with van der Waals surface area (Å²) in [5.74, 6) is -0.509. The van der Waals surface area contributed by atoms with Crippen LogP contribution in [0.3, 0.4) is 0 Å². The second kappa shape index (κ2) is 7.04. The largest absolute Gasteiger partial charge is 0.419 e. The Hall–Kier alpha value is -1.35. The Morgan fingerprint density at radius 2 is 2.22 bits per heavy atom. The SMILES string of the molecule is Cl.Cn1c(=O)oc2cc(S(=O)(=O)NCC[C@H]3CCCN3)ccc21. The van der Waals surface area contributed by atoms with Crippen molar-refractivity contribution in [2.24, 2.45) is 7.05 Å². The molecule has 1 aromatic heterocycles. The van der Waals surface area contributed by atoms with Gasteiger partial charge in [-0.05, 0) is 37.9 Å². The van der Waals surface area contributed by atoms with Gasteiger partial charge in [-0.1, -0.05) is 0 Å². The van der Waals surface area contributed by atoms with E-state index in [9.17, 15) is 13.2 Å². The summed E-state index contributed by atoms with van der Waals surface area (Å²) in [6.07, 6.45) is 2.99. The fraction of sp³-hybridized carbons (Fsp3) is 0.500. The van der Waals surface area contributed by atoms with Crippen molar-refractivity contribution in [3.63, 3.8) is 0 Å².